The number of hydrogen-bond acceptors (Lipinski definition) is 7. The first-order chi connectivity index (χ1) is 12.0. The first-order valence-corrected chi connectivity index (χ1v) is 8.54. The predicted molar refractivity (Wildman–Crippen MR) is 104 cm³/mol. The fourth-order valence-corrected chi connectivity index (χ4v) is 2.87. The summed E-state index contributed by atoms with van der Waals surface area (Å²) in [6.45, 7) is 16.5. The topological polar surface area (TPSA) is 84.8 Å². The Bertz CT molecular complexity index is 710. The number of nitrogens with zero attached hydrogens (tertiary/aromatic N) is 6. The zero-order valence-corrected chi connectivity index (χ0v) is 15.7. The number of nitrogen functional groups attached to an aromatic ring is 1. The summed E-state index contributed by atoms with van der Waals surface area (Å²) in [6.07, 6.45) is 0. The third-order valence-corrected chi connectivity index (χ3v) is 4.10. The summed E-state index contributed by atoms with van der Waals surface area (Å²) in [7, 11) is 1.74. The molecule has 8 nitrogen and oxygen atoms in total. The van der Waals surface area contributed by atoms with Gasteiger partial charge in [0.15, 0.2) is 5.65 Å². The van der Waals surface area contributed by atoms with Crippen LogP contribution in [-0.4, -0.2) is 84.3 Å². The van der Waals surface area contributed by atoms with E-state index in [9.17, 15) is 0 Å². The Kier molecular flexibility index (Phi) is 6.89. The Morgan fingerprint density at radius 2 is 1.84 bits per heavy atom. The van der Waals surface area contributed by atoms with Crippen LogP contribution in [0.3, 0.4) is 0 Å². The van der Waals surface area contributed by atoms with Crippen LogP contribution in [0.15, 0.2) is 0 Å². The van der Waals surface area contributed by atoms with Crippen molar-refractivity contribution in [2.45, 2.75) is 20.7 Å². The summed E-state index contributed by atoms with van der Waals surface area (Å²) in [5.41, 5.74) is 7.86. The van der Waals surface area contributed by atoms with Gasteiger partial charge in [0, 0.05) is 45.4 Å². The average Bonchev–Trinajstić information content (AvgIpc) is 3.00. The van der Waals surface area contributed by atoms with Crippen molar-refractivity contribution in [1.82, 2.24) is 24.5 Å². The molecule has 1 aliphatic rings. The molecule has 0 bridgehead atoms. The van der Waals surface area contributed by atoms with E-state index >= 15 is 0 Å². The van der Waals surface area contributed by atoms with Crippen molar-refractivity contribution in [3.8, 4) is 0 Å². The molecule has 1 aliphatic heterocycles. The molecule has 3 rings (SSSR count). The number of fused-ring (bicyclic) bond motifs is 1. The van der Waals surface area contributed by atoms with E-state index < -0.39 is 0 Å². The van der Waals surface area contributed by atoms with E-state index in [1.54, 1.807) is 18.5 Å². The smallest absolute Gasteiger partial charge is 0.225 e. The monoisotopic (exact) mass is 345 g/mol. The molecule has 2 aromatic heterocycles. The van der Waals surface area contributed by atoms with E-state index in [0.29, 0.717) is 11.8 Å². The number of rotatable bonds is 4. The molecule has 1 saturated heterocycles. The number of hydrogen-bond donors (Lipinski definition) is 1. The van der Waals surface area contributed by atoms with Gasteiger partial charge < -0.3 is 15.4 Å². The Morgan fingerprint density at radius 3 is 2.44 bits per heavy atom. The molecule has 0 aliphatic carbocycles. The molecule has 0 atom stereocenters. The molecular weight excluding hydrogens is 317 g/mol. The minimum Gasteiger partial charge on any atom is -0.383 e. The Balaban J connectivity index is 0.000000701. The van der Waals surface area contributed by atoms with Gasteiger partial charge in [-0.15, -0.1) is 5.10 Å². The maximum Gasteiger partial charge on any atom is 0.225 e. The van der Waals surface area contributed by atoms with Crippen LogP contribution >= 0.6 is 0 Å². The molecule has 0 saturated carbocycles. The summed E-state index contributed by atoms with van der Waals surface area (Å²) >= 11 is 0. The van der Waals surface area contributed by atoms with Crippen LogP contribution in [0.2, 0.25) is 6.82 Å². The third kappa shape index (κ3) is 4.55. The second-order valence-electron chi connectivity index (χ2n) is 6.04. The SMILES string of the molecule is C=BC.COCCN1CCN(c2nc(N)n3nc(C)nc3c2C)CC1. The predicted octanol–water partition coefficient (Wildman–Crippen LogP) is 0.262. The zero-order valence-electron chi connectivity index (χ0n) is 15.7. The number of anilines is 2. The summed E-state index contributed by atoms with van der Waals surface area (Å²) in [6, 6.07) is 0. The van der Waals surface area contributed by atoms with Crippen LogP contribution < -0.4 is 10.6 Å². The number of aryl methyl sites for hydroxylation is 2. The van der Waals surface area contributed by atoms with Crippen molar-refractivity contribution in [2.75, 3.05) is 57.1 Å². The third-order valence-electron chi connectivity index (χ3n) is 4.10. The first kappa shape index (κ1) is 19.3. The van der Waals surface area contributed by atoms with Crippen molar-refractivity contribution in [3.05, 3.63) is 11.4 Å². The van der Waals surface area contributed by atoms with Gasteiger partial charge in [-0.2, -0.15) is 9.50 Å². The van der Waals surface area contributed by atoms with Gasteiger partial charge in [-0.05, 0) is 13.8 Å². The fraction of sp³-hybridized carbons (Fsp3) is 0.625. The van der Waals surface area contributed by atoms with Crippen LogP contribution in [0.4, 0.5) is 11.8 Å². The van der Waals surface area contributed by atoms with Gasteiger partial charge in [-0.1, -0.05) is 0 Å². The molecule has 1 fully saturated rings. The van der Waals surface area contributed by atoms with E-state index in [0.717, 1.165) is 56.4 Å². The molecule has 136 valence electrons. The van der Waals surface area contributed by atoms with Gasteiger partial charge in [-0.25, -0.2) is 4.98 Å². The number of aromatic nitrogens is 4. The molecule has 0 radical (unpaired) electrons. The van der Waals surface area contributed by atoms with Gasteiger partial charge >= 0.3 is 20.2 Å². The second-order valence-corrected chi connectivity index (χ2v) is 6.04. The average molecular weight is 345 g/mol. The summed E-state index contributed by atoms with van der Waals surface area (Å²) < 4.78 is 6.75. The van der Waals surface area contributed by atoms with E-state index in [2.05, 4.69) is 31.3 Å². The Morgan fingerprint density at radius 1 is 1.20 bits per heavy atom. The van der Waals surface area contributed by atoms with Crippen molar-refractivity contribution in [2.24, 2.45) is 0 Å². The van der Waals surface area contributed by atoms with E-state index in [1.165, 1.54) is 0 Å². The minimum absolute atomic E-state index is 0.387. The van der Waals surface area contributed by atoms with Crippen LogP contribution in [0.25, 0.3) is 5.65 Å². The first-order valence-electron chi connectivity index (χ1n) is 8.54. The molecule has 2 N–H and O–H groups in total. The maximum absolute atomic E-state index is 6.03. The Hall–Kier alpha value is -2.00. The van der Waals surface area contributed by atoms with Crippen molar-refractivity contribution in [1.29, 1.82) is 0 Å². The molecule has 0 aromatic carbocycles. The molecule has 25 heavy (non-hydrogen) atoms. The van der Waals surface area contributed by atoms with E-state index in [1.807, 2.05) is 20.7 Å². The van der Waals surface area contributed by atoms with Gasteiger partial charge in [-0.3, -0.25) is 4.90 Å². The van der Waals surface area contributed by atoms with Gasteiger partial charge in [0.1, 0.15) is 11.6 Å². The summed E-state index contributed by atoms with van der Waals surface area (Å²) in [4.78, 5) is 13.7. The van der Waals surface area contributed by atoms with Crippen molar-refractivity contribution >= 4 is 30.8 Å². The molecule has 0 unspecified atom stereocenters. The number of nitrogens with two attached hydrogens (primary N) is 1. The largest absolute Gasteiger partial charge is 0.383 e. The maximum atomic E-state index is 6.03. The summed E-state index contributed by atoms with van der Waals surface area (Å²) in [5.74, 6) is 2.01. The molecule has 0 spiro atoms. The normalized spacial score (nSPS) is 15.0. The van der Waals surface area contributed by atoms with Crippen LogP contribution in [-0.2, 0) is 4.74 Å². The Labute approximate surface area is 149 Å². The van der Waals surface area contributed by atoms with E-state index in [-0.39, 0.29) is 0 Å². The zero-order chi connectivity index (χ0) is 18.4. The number of ether oxygens (including phenoxy) is 1. The van der Waals surface area contributed by atoms with Crippen LogP contribution in [0.1, 0.15) is 11.4 Å². The number of piperazine rings is 1. The minimum atomic E-state index is 0.387. The van der Waals surface area contributed by atoms with E-state index in [4.69, 9.17) is 10.5 Å². The van der Waals surface area contributed by atoms with Gasteiger partial charge in [0.25, 0.3) is 0 Å². The fourth-order valence-electron chi connectivity index (χ4n) is 2.87. The quantitative estimate of drug-likeness (QED) is 0.796. The molecule has 3 heterocycles. The number of methoxy groups -OCH3 is 1. The second kappa shape index (κ2) is 8.91. The standard InChI is InChI=1S/C14H23N7O.C2H5B/c1-10-12(17-14(15)21-13(10)16-11(2)18-21)20-6-4-19(5-7-20)8-9-22-3;1-3-2/h4-9H2,1-3H3,(H2,15,17);1H2,2H3. The molecule has 0 amide bonds. The van der Waals surface area contributed by atoms with Crippen molar-refractivity contribution < 1.29 is 4.74 Å². The summed E-state index contributed by atoms with van der Waals surface area (Å²) in [5, 5.41) is 4.28. The van der Waals surface area contributed by atoms with Gasteiger partial charge in [0.05, 0.1) is 6.61 Å². The van der Waals surface area contributed by atoms with Crippen molar-refractivity contribution in [3.63, 3.8) is 0 Å². The van der Waals surface area contributed by atoms with Crippen LogP contribution in [0.5, 0.6) is 0 Å². The molecule has 9 heteroatoms. The van der Waals surface area contributed by atoms with Crippen LogP contribution in [0, 0.1) is 13.8 Å². The van der Waals surface area contributed by atoms with Gasteiger partial charge in [0.2, 0.25) is 5.95 Å². The molecule has 2 aromatic rings. The molecular formula is C16H28BN7O.